The monoisotopic (exact) mass is 404 g/mol. The van der Waals surface area contributed by atoms with Crippen LogP contribution in [0.2, 0.25) is 0 Å². The topological polar surface area (TPSA) is 18.5 Å². The van der Waals surface area contributed by atoms with Gasteiger partial charge in [-0.2, -0.15) is 8.78 Å². The lowest BCUT2D eigenvalue weighted by molar-refractivity contribution is -0.189. The molecule has 0 radical (unpaired) electrons. The van der Waals surface area contributed by atoms with E-state index in [1.807, 2.05) is 13.8 Å². The second-order valence-electron chi connectivity index (χ2n) is 6.66. The predicted octanol–water partition coefficient (Wildman–Crippen LogP) is 7.15. The van der Waals surface area contributed by atoms with Gasteiger partial charge in [-0.15, -0.1) is 0 Å². The van der Waals surface area contributed by atoms with Crippen LogP contribution in [0.25, 0.3) is 0 Å². The van der Waals surface area contributed by atoms with Crippen LogP contribution in [-0.4, -0.2) is 0 Å². The molecule has 3 aromatic rings. The van der Waals surface area contributed by atoms with E-state index in [1.165, 1.54) is 12.1 Å². The van der Waals surface area contributed by atoms with Crippen molar-refractivity contribution in [3.8, 4) is 17.2 Å². The van der Waals surface area contributed by atoms with Gasteiger partial charge >= 0.3 is 6.11 Å². The van der Waals surface area contributed by atoms with Crippen LogP contribution in [0.4, 0.5) is 17.6 Å². The molecule has 0 saturated heterocycles. The summed E-state index contributed by atoms with van der Waals surface area (Å²) in [7, 11) is 0. The maximum absolute atomic E-state index is 14.7. The van der Waals surface area contributed by atoms with Crippen LogP contribution in [0.3, 0.4) is 0 Å². The van der Waals surface area contributed by atoms with Crippen LogP contribution in [0.1, 0.15) is 30.0 Å². The molecule has 6 heteroatoms. The van der Waals surface area contributed by atoms with Crippen LogP contribution in [0, 0.1) is 18.6 Å². The van der Waals surface area contributed by atoms with Gasteiger partial charge in [0.15, 0.2) is 11.6 Å². The number of hydrogen-bond acceptors (Lipinski definition) is 2. The van der Waals surface area contributed by atoms with Crippen LogP contribution in [0.5, 0.6) is 17.2 Å². The molecule has 0 aliphatic rings. The molecule has 0 bridgehead atoms. The van der Waals surface area contributed by atoms with E-state index in [9.17, 15) is 17.6 Å². The summed E-state index contributed by atoms with van der Waals surface area (Å²) in [6.07, 6.45) is -2.54. The highest BCUT2D eigenvalue weighted by Crippen LogP contribution is 2.39. The van der Waals surface area contributed by atoms with Crippen LogP contribution >= 0.6 is 0 Å². The lowest BCUT2D eigenvalue weighted by Crippen LogP contribution is -2.25. The SMILES string of the molecule is CCCc1ccc(OC(F)(F)c2c(F)ccc(Oc3ccc(C)cc3)c2F)cc1. The summed E-state index contributed by atoms with van der Waals surface area (Å²) < 4.78 is 68.1. The molecule has 0 aliphatic heterocycles. The highest BCUT2D eigenvalue weighted by Gasteiger charge is 2.42. The molecule has 0 aliphatic carbocycles. The first-order chi connectivity index (χ1) is 13.8. The Morgan fingerprint density at radius 1 is 0.828 bits per heavy atom. The van der Waals surface area contributed by atoms with Crippen molar-refractivity contribution in [3.05, 3.63) is 89.0 Å². The Morgan fingerprint density at radius 3 is 2.07 bits per heavy atom. The zero-order valence-corrected chi connectivity index (χ0v) is 16.0. The summed E-state index contributed by atoms with van der Waals surface area (Å²) in [5.74, 6) is -3.42. The number of alkyl halides is 2. The maximum Gasteiger partial charge on any atom is 0.432 e. The molecule has 29 heavy (non-hydrogen) atoms. The zero-order chi connectivity index (χ0) is 21.0. The molecule has 0 saturated carbocycles. The molecule has 0 aromatic heterocycles. The van der Waals surface area contributed by atoms with Crippen molar-refractivity contribution in [1.82, 2.24) is 0 Å². The summed E-state index contributed by atoms with van der Waals surface area (Å²) in [5, 5.41) is 0. The molecule has 152 valence electrons. The van der Waals surface area contributed by atoms with Crippen molar-refractivity contribution in [2.24, 2.45) is 0 Å². The second kappa shape index (κ2) is 8.55. The van der Waals surface area contributed by atoms with E-state index < -0.39 is 29.1 Å². The van der Waals surface area contributed by atoms with Gasteiger partial charge in [0, 0.05) is 0 Å². The first-order valence-electron chi connectivity index (χ1n) is 9.19. The van der Waals surface area contributed by atoms with Gasteiger partial charge in [-0.3, -0.25) is 0 Å². The van der Waals surface area contributed by atoms with E-state index in [-0.39, 0.29) is 11.5 Å². The van der Waals surface area contributed by atoms with Gasteiger partial charge in [0.25, 0.3) is 0 Å². The van der Waals surface area contributed by atoms with Gasteiger partial charge in [0.2, 0.25) is 0 Å². The molecule has 2 nitrogen and oxygen atoms in total. The van der Waals surface area contributed by atoms with Gasteiger partial charge < -0.3 is 9.47 Å². The highest BCUT2D eigenvalue weighted by molar-refractivity contribution is 5.39. The Labute approximate surface area is 166 Å². The van der Waals surface area contributed by atoms with E-state index in [0.29, 0.717) is 0 Å². The van der Waals surface area contributed by atoms with Gasteiger partial charge in [-0.05, 0) is 55.3 Å². The standard InChI is InChI=1S/C23H20F4O2/c1-3-4-16-7-11-18(12-8-16)29-23(26,27)21-19(24)13-14-20(22(21)25)28-17-9-5-15(2)6-10-17/h5-14H,3-4H2,1-2H3. The van der Waals surface area contributed by atoms with Gasteiger partial charge in [-0.25, -0.2) is 8.78 Å². The minimum absolute atomic E-state index is 0.196. The fourth-order valence-electron chi connectivity index (χ4n) is 2.82. The Bertz CT molecular complexity index is 967. The average molecular weight is 404 g/mol. The summed E-state index contributed by atoms with van der Waals surface area (Å²) in [6.45, 7) is 3.85. The van der Waals surface area contributed by atoms with Crippen molar-refractivity contribution in [1.29, 1.82) is 0 Å². The fraction of sp³-hybridized carbons (Fsp3) is 0.217. The molecule has 0 fully saturated rings. The molecule has 3 rings (SSSR count). The third-order valence-corrected chi connectivity index (χ3v) is 4.30. The molecule has 0 atom stereocenters. The van der Waals surface area contributed by atoms with Crippen molar-refractivity contribution in [3.63, 3.8) is 0 Å². The summed E-state index contributed by atoms with van der Waals surface area (Å²) >= 11 is 0. The van der Waals surface area contributed by atoms with Crippen molar-refractivity contribution in [2.45, 2.75) is 32.8 Å². The van der Waals surface area contributed by atoms with Gasteiger partial charge in [-0.1, -0.05) is 43.2 Å². The van der Waals surface area contributed by atoms with E-state index >= 15 is 0 Å². The minimum atomic E-state index is -4.23. The Morgan fingerprint density at radius 2 is 1.45 bits per heavy atom. The smallest absolute Gasteiger partial charge is 0.432 e. The van der Waals surface area contributed by atoms with Gasteiger partial charge in [0.1, 0.15) is 22.9 Å². The third-order valence-electron chi connectivity index (χ3n) is 4.30. The fourth-order valence-corrected chi connectivity index (χ4v) is 2.82. The van der Waals surface area contributed by atoms with Crippen molar-refractivity contribution in [2.75, 3.05) is 0 Å². The average Bonchev–Trinajstić information content (AvgIpc) is 2.67. The third kappa shape index (κ3) is 4.88. The normalized spacial score (nSPS) is 11.4. The predicted molar refractivity (Wildman–Crippen MR) is 103 cm³/mol. The lowest BCUT2D eigenvalue weighted by Gasteiger charge is -2.20. The second-order valence-corrected chi connectivity index (χ2v) is 6.66. The quantitative estimate of drug-likeness (QED) is 0.390. The molecule has 0 spiro atoms. The van der Waals surface area contributed by atoms with E-state index in [0.717, 1.165) is 36.1 Å². The van der Waals surface area contributed by atoms with E-state index in [4.69, 9.17) is 4.74 Å². The molecular weight excluding hydrogens is 384 g/mol. The number of rotatable bonds is 7. The van der Waals surface area contributed by atoms with Crippen molar-refractivity contribution < 1.29 is 27.0 Å². The Balaban J connectivity index is 1.88. The number of ether oxygens (including phenoxy) is 2. The van der Waals surface area contributed by atoms with E-state index in [2.05, 4.69) is 4.74 Å². The lowest BCUT2D eigenvalue weighted by atomic mass is 10.1. The summed E-state index contributed by atoms with van der Waals surface area (Å²) in [5.41, 5.74) is 0.399. The van der Waals surface area contributed by atoms with Gasteiger partial charge in [0.05, 0.1) is 0 Å². The maximum atomic E-state index is 14.7. The first-order valence-corrected chi connectivity index (χ1v) is 9.19. The number of halogens is 4. The molecular formula is C23H20F4O2. The molecule has 3 aromatic carbocycles. The summed E-state index contributed by atoms with van der Waals surface area (Å²) in [4.78, 5) is 0. The van der Waals surface area contributed by atoms with Crippen LogP contribution < -0.4 is 9.47 Å². The number of aryl methyl sites for hydroxylation is 2. The zero-order valence-electron chi connectivity index (χ0n) is 16.0. The Hall–Kier alpha value is -3.02. The number of benzene rings is 3. The largest absolute Gasteiger partial charge is 0.454 e. The molecule has 0 amide bonds. The minimum Gasteiger partial charge on any atom is -0.454 e. The summed E-state index contributed by atoms with van der Waals surface area (Å²) in [6, 6.07) is 14.2. The highest BCUT2D eigenvalue weighted by atomic mass is 19.3. The molecule has 0 heterocycles. The van der Waals surface area contributed by atoms with Crippen LogP contribution in [-0.2, 0) is 12.5 Å². The molecule has 0 unspecified atom stereocenters. The Kier molecular flexibility index (Phi) is 6.11. The van der Waals surface area contributed by atoms with Crippen LogP contribution in [0.15, 0.2) is 60.7 Å². The van der Waals surface area contributed by atoms with E-state index in [1.54, 1.807) is 36.4 Å². The number of hydrogen-bond donors (Lipinski definition) is 0. The molecule has 0 N–H and O–H groups in total. The first kappa shape index (κ1) is 20.7. The van der Waals surface area contributed by atoms with Crippen molar-refractivity contribution >= 4 is 0 Å².